The van der Waals surface area contributed by atoms with Crippen LogP contribution in [-0.4, -0.2) is 53.3 Å². The number of aryl methyl sites for hydroxylation is 4. The Hall–Kier alpha value is -7.24. The smallest absolute Gasteiger partial charge is 0.412 e. The van der Waals surface area contributed by atoms with E-state index in [2.05, 4.69) is 156 Å². The first kappa shape index (κ1) is 35.5. The Morgan fingerprint density at radius 2 is 0.694 bits per heavy atom. The van der Waals surface area contributed by atoms with Crippen LogP contribution in [0.25, 0.3) is 64.6 Å². The van der Waals surface area contributed by atoms with Crippen molar-refractivity contribution in [1.29, 1.82) is 0 Å². The first-order valence-electron chi connectivity index (χ1n) is 20.7. The van der Waals surface area contributed by atoms with E-state index in [9.17, 15) is 0 Å². The molecular weight excluding hydrogens is 822 g/mol. The van der Waals surface area contributed by atoms with Gasteiger partial charge in [-0.3, -0.25) is 0 Å². The van der Waals surface area contributed by atoms with E-state index in [1.807, 2.05) is 0 Å². The molecule has 10 aromatic rings. The molecule has 0 atom stereocenters. The molecule has 0 spiro atoms. The molecule has 9 nitrogen and oxygen atoms in total. The number of hydrogen-bond donors (Lipinski definition) is 0. The fraction of sp³-hybridized carbons (Fsp3) is 0.0769. The molecule has 291 valence electrons. The molecule has 1 radical (unpaired) electrons. The summed E-state index contributed by atoms with van der Waals surface area (Å²) >= 11 is -1.81. The Morgan fingerprint density at radius 1 is 0.339 bits per heavy atom. The second-order valence-corrected chi connectivity index (χ2v) is 19.5. The number of aliphatic imine (C=N–C) groups is 4. The summed E-state index contributed by atoms with van der Waals surface area (Å²) in [5.74, 6) is 4.35. The zero-order valence-corrected chi connectivity index (χ0v) is 36.6. The molecule has 8 aromatic carbocycles. The van der Waals surface area contributed by atoms with Gasteiger partial charge in [0.15, 0.2) is 0 Å². The van der Waals surface area contributed by atoms with Gasteiger partial charge in [0.05, 0.1) is 0 Å². The van der Waals surface area contributed by atoms with Gasteiger partial charge in [-0.1, -0.05) is 0 Å². The Bertz CT molecular complexity index is 4070. The molecule has 4 aliphatic heterocycles. The van der Waals surface area contributed by atoms with E-state index < -0.39 is 17.9 Å². The van der Waals surface area contributed by atoms with Crippen molar-refractivity contribution in [3.63, 3.8) is 0 Å². The van der Waals surface area contributed by atoms with Crippen molar-refractivity contribution < 1.29 is 5.48 Å². The maximum atomic E-state index is 5.64. The zero-order chi connectivity index (χ0) is 40.4. The first-order valence-corrected chi connectivity index (χ1v) is 22.9. The summed E-state index contributed by atoms with van der Waals surface area (Å²) in [5, 5.41) is 13.5. The van der Waals surface area contributed by atoms with Gasteiger partial charge in [-0.2, -0.15) is 0 Å². The summed E-state index contributed by atoms with van der Waals surface area (Å²) < 4.78 is 4.80. The molecule has 4 aliphatic rings. The van der Waals surface area contributed by atoms with Crippen LogP contribution in [-0.2, 0) is 0 Å². The van der Waals surface area contributed by atoms with Gasteiger partial charge in [0.25, 0.3) is 0 Å². The molecule has 0 fully saturated rings. The topological polar surface area (TPSA) is 116 Å². The first-order chi connectivity index (χ1) is 29.8. The Balaban J connectivity index is 0.00000391. The molecule has 0 saturated heterocycles. The van der Waals surface area contributed by atoms with E-state index in [1.165, 1.54) is 43.8 Å². The molecule has 10 heteroatoms. The molecule has 2 N–H and O–H groups in total. The average Bonchev–Trinajstić information content (AvgIpc) is 3.94. The molecule has 0 amide bonds. The number of aromatic nitrogens is 2. The summed E-state index contributed by atoms with van der Waals surface area (Å²) in [4.78, 5) is 33.3. The van der Waals surface area contributed by atoms with Crippen LogP contribution in [0.3, 0.4) is 0 Å². The van der Waals surface area contributed by atoms with Crippen LogP contribution >= 0.6 is 0 Å². The van der Waals surface area contributed by atoms with Gasteiger partial charge in [-0.15, -0.1) is 0 Å². The van der Waals surface area contributed by atoms with Gasteiger partial charge in [0, 0.05) is 0 Å². The number of benzene rings is 8. The van der Waals surface area contributed by atoms with Crippen molar-refractivity contribution in [2.75, 3.05) is 0 Å². The van der Waals surface area contributed by atoms with E-state index in [1.54, 1.807) is 0 Å². The summed E-state index contributed by atoms with van der Waals surface area (Å²) in [6.45, 7) is 8.70. The van der Waals surface area contributed by atoms with Crippen LogP contribution < -0.4 is 11.0 Å². The van der Waals surface area contributed by atoms with Crippen LogP contribution in [0.4, 0.5) is 11.6 Å². The van der Waals surface area contributed by atoms with Crippen molar-refractivity contribution in [2.45, 2.75) is 27.7 Å². The standard InChI is InChI=1S/C52H32N8.Ga.H2O/c1-25-9-5-13-29-17-37-41(21-33(25)29)49-53-45(37)58-50-43-23-35-27(3)11-7-15-31(35)19-39(43)47(55-50)60-52-44-24-36-28(4)12-8-16-32(36)20-40(44)48(56-52)59-51-42-22-34-26(2)10-6-14-30(34)18-38(42)46(54-51)57-49;;/h5-24H,1-4H3;;1H2/q-2;+2;. The van der Waals surface area contributed by atoms with E-state index >= 15 is 0 Å². The molecule has 2 aromatic heterocycles. The van der Waals surface area contributed by atoms with Crippen molar-refractivity contribution >= 4 is 118 Å². The molecule has 6 bridgehead atoms. The molecule has 62 heavy (non-hydrogen) atoms. The van der Waals surface area contributed by atoms with Gasteiger partial charge in [-0.25, -0.2) is 0 Å². The van der Waals surface area contributed by atoms with Crippen LogP contribution in [0.2, 0.25) is 0 Å². The maximum absolute atomic E-state index is 5.64. The predicted molar refractivity (Wildman–Crippen MR) is 254 cm³/mol. The normalized spacial score (nSPS) is 14.5. The van der Waals surface area contributed by atoms with Gasteiger partial charge in [-0.05, 0) is 0 Å². The molecule has 0 saturated carbocycles. The fourth-order valence-corrected chi connectivity index (χ4v) is 13.2. The van der Waals surface area contributed by atoms with E-state index in [-0.39, 0.29) is 5.48 Å². The molecule has 14 rings (SSSR count). The van der Waals surface area contributed by atoms with Crippen LogP contribution in [0, 0.1) is 27.7 Å². The van der Waals surface area contributed by atoms with Gasteiger partial charge < -0.3 is 5.48 Å². The summed E-state index contributed by atoms with van der Waals surface area (Å²) in [7, 11) is 0. The number of amidine groups is 4. The SMILES string of the molecule is Cc1cccc2cc3c(cc12)C1=NC3=Nc2c3cc4c(C)cccc4cc3c3[n]2[Ga][n]2c(c4cc5cccc(C)c5cc4c2=NC2=NC(=N3)c3cc4c(C)cccc4cc32)=N1.O. The molecule has 0 aliphatic carbocycles. The van der Waals surface area contributed by atoms with E-state index in [0.29, 0.717) is 23.3 Å². The second-order valence-electron chi connectivity index (χ2n) is 16.9. The summed E-state index contributed by atoms with van der Waals surface area (Å²) in [6.07, 6.45) is 0. The van der Waals surface area contributed by atoms with E-state index in [0.717, 1.165) is 88.0 Å². The number of fused-ring (bicyclic) bond motifs is 18. The largest absolute Gasteiger partial charge is 0.412 e. The summed E-state index contributed by atoms with van der Waals surface area (Å²) in [5.41, 5.74) is 10.5. The Morgan fingerprint density at radius 3 is 1.18 bits per heavy atom. The third kappa shape index (κ3) is 4.74. The quantitative estimate of drug-likeness (QED) is 0.135. The minimum absolute atomic E-state index is 0. The van der Waals surface area contributed by atoms with Crippen molar-refractivity contribution in [3.8, 4) is 0 Å². The summed E-state index contributed by atoms with van der Waals surface area (Å²) in [6, 6.07) is 44.2. The Labute approximate surface area is 362 Å². The second kappa shape index (κ2) is 12.4. The van der Waals surface area contributed by atoms with Gasteiger partial charge in [0.2, 0.25) is 0 Å². The van der Waals surface area contributed by atoms with Crippen molar-refractivity contribution in [1.82, 2.24) is 6.55 Å². The molecular formula is C52H34GaN8O. The minimum Gasteiger partial charge on any atom is -0.412 e. The van der Waals surface area contributed by atoms with Crippen LogP contribution in [0.15, 0.2) is 151 Å². The van der Waals surface area contributed by atoms with Crippen LogP contribution in [0.5, 0.6) is 0 Å². The van der Waals surface area contributed by atoms with Crippen molar-refractivity contribution in [2.24, 2.45) is 30.0 Å². The monoisotopic (exact) mass is 855 g/mol. The van der Waals surface area contributed by atoms with Crippen molar-refractivity contribution in [3.05, 3.63) is 177 Å². The minimum atomic E-state index is -1.81. The van der Waals surface area contributed by atoms with Gasteiger partial charge in [0.1, 0.15) is 0 Å². The maximum Gasteiger partial charge on any atom is -0.412 e. The van der Waals surface area contributed by atoms with Crippen LogP contribution in [0.1, 0.15) is 44.5 Å². The predicted octanol–water partition coefficient (Wildman–Crippen LogP) is 9.49. The number of hydrogen-bond acceptors (Lipinski definition) is 6. The third-order valence-corrected chi connectivity index (χ3v) is 16.3. The molecule has 6 heterocycles. The Kier molecular flexibility index (Phi) is 7.11. The third-order valence-electron chi connectivity index (χ3n) is 13.3. The van der Waals surface area contributed by atoms with E-state index in [4.69, 9.17) is 30.0 Å². The van der Waals surface area contributed by atoms with Gasteiger partial charge >= 0.3 is 359 Å². The number of nitrogens with zero attached hydrogens (tertiary/aromatic N) is 8. The molecule has 0 unspecified atom stereocenters. The number of rotatable bonds is 0. The fourth-order valence-electron chi connectivity index (χ4n) is 10.1. The zero-order valence-electron chi connectivity index (χ0n) is 34.2. The average molecular weight is 857 g/mol.